The molecular formula is C25H34N2O4. The largest absolute Gasteiger partial charge is 0.393 e. The molecule has 5 rings (SSSR count). The lowest BCUT2D eigenvalue weighted by atomic mass is 9.62. The van der Waals surface area contributed by atoms with Crippen molar-refractivity contribution in [3.63, 3.8) is 0 Å². The summed E-state index contributed by atoms with van der Waals surface area (Å²) in [7, 11) is 0. The molecule has 1 amide bonds. The Hall–Kier alpha value is -2.01. The molecule has 2 saturated heterocycles. The zero-order chi connectivity index (χ0) is 22.2. The molecule has 1 N–H and O–H groups in total. The second kappa shape index (κ2) is 8.85. The molecule has 31 heavy (non-hydrogen) atoms. The third-order valence-electron chi connectivity index (χ3n) is 8.53. The Morgan fingerprint density at radius 2 is 1.97 bits per heavy atom. The Morgan fingerprint density at radius 3 is 2.71 bits per heavy atom. The van der Waals surface area contributed by atoms with Crippen LogP contribution in [-0.2, 0) is 19.8 Å². The Labute approximate surface area is 184 Å². The van der Waals surface area contributed by atoms with E-state index in [0.717, 1.165) is 63.8 Å². The minimum absolute atomic E-state index is 0.169. The van der Waals surface area contributed by atoms with Crippen molar-refractivity contribution in [3.05, 3.63) is 29.8 Å². The topological polar surface area (TPSA) is 77.9 Å². The van der Waals surface area contributed by atoms with Crippen LogP contribution in [0.3, 0.4) is 0 Å². The highest BCUT2D eigenvalue weighted by Crippen LogP contribution is 2.56. The molecule has 0 radical (unpaired) electrons. The van der Waals surface area contributed by atoms with Gasteiger partial charge in [0, 0.05) is 24.8 Å². The van der Waals surface area contributed by atoms with Crippen molar-refractivity contribution in [2.45, 2.75) is 69.9 Å². The summed E-state index contributed by atoms with van der Waals surface area (Å²) in [4.78, 5) is 34.9. The van der Waals surface area contributed by atoms with E-state index in [1.165, 1.54) is 5.56 Å². The van der Waals surface area contributed by atoms with Crippen molar-refractivity contribution < 1.29 is 19.5 Å². The van der Waals surface area contributed by atoms with E-state index in [0.29, 0.717) is 29.7 Å². The molecule has 3 aliphatic heterocycles. The number of fused-ring (bicyclic) bond motifs is 5. The van der Waals surface area contributed by atoms with Gasteiger partial charge in [-0.1, -0.05) is 38.5 Å². The molecule has 1 aliphatic carbocycles. The van der Waals surface area contributed by atoms with Gasteiger partial charge in [0.2, 0.25) is 5.91 Å². The van der Waals surface area contributed by atoms with Crippen molar-refractivity contribution in [1.82, 2.24) is 4.90 Å². The van der Waals surface area contributed by atoms with Crippen LogP contribution in [0.2, 0.25) is 0 Å². The fourth-order valence-corrected chi connectivity index (χ4v) is 6.95. The van der Waals surface area contributed by atoms with Crippen LogP contribution in [-0.4, -0.2) is 53.8 Å². The highest BCUT2D eigenvalue weighted by molar-refractivity contribution is 6.09. The SMILES string of the molecule is CCCCN1C(=O)[C@@]2(CCN3C[C@@H]4CC[C@H](O)[C@H](C)[C@H]4C[C@H]32)c2ccccc21.O=C=O. The highest BCUT2D eigenvalue weighted by atomic mass is 16.3. The third kappa shape index (κ3) is 3.45. The molecule has 0 unspecified atom stereocenters. The van der Waals surface area contributed by atoms with Crippen LogP contribution in [0.4, 0.5) is 5.69 Å². The normalized spacial score (nSPS) is 36.3. The first-order valence-corrected chi connectivity index (χ1v) is 11.8. The van der Waals surface area contributed by atoms with Gasteiger partial charge in [-0.25, -0.2) is 0 Å². The molecule has 1 aromatic rings. The second-order valence-electron chi connectivity index (χ2n) is 9.81. The maximum Gasteiger partial charge on any atom is 0.373 e. The van der Waals surface area contributed by atoms with E-state index >= 15 is 0 Å². The number of rotatable bonds is 3. The van der Waals surface area contributed by atoms with Crippen LogP contribution in [0.15, 0.2) is 24.3 Å². The average Bonchev–Trinajstić information content (AvgIpc) is 3.26. The Morgan fingerprint density at radius 1 is 1.23 bits per heavy atom. The Bertz CT molecular complexity index is 852. The van der Waals surface area contributed by atoms with Crippen LogP contribution in [0, 0.1) is 17.8 Å². The first-order valence-electron chi connectivity index (χ1n) is 11.8. The fraction of sp³-hybridized carbons (Fsp3) is 0.680. The zero-order valence-electron chi connectivity index (χ0n) is 18.6. The number of anilines is 1. The smallest absolute Gasteiger partial charge is 0.373 e. The van der Waals surface area contributed by atoms with Gasteiger partial charge in [0.1, 0.15) is 0 Å². The molecule has 0 aromatic heterocycles. The Kier molecular flexibility index (Phi) is 6.34. The van der Waals surface area contributed by atoms with E-state index in [1.54, 1.807) is 0 Å². The summed E-state index contributed by atoms with van der Waals surface area (Å²) in [5, 5.41) is 10.5. The van der Waals surface area contributed by atoms with Crippen LogP contribution >= 0.6 is 0 Å². The van der Waals surface area contributed by atoms with Crippen molar-refractivity contribution in [2.75, 3.05) is 24.5 Å². The quantitative estimate of drug-likeness (QED) is 0.804. The predicted octanol–water partition coefficient (Wildman–Crippen LogP) is 2.99. The van der Waals surface area contributed by atoms with Gasteiger partial charge in [0.15, 0.2) is 0 Å². The van der Waals surface area contributed by atoms with E-state index < -0.39 is 0 Å². The van der Waals surface area contributed by atoms with Crippen LogP contribution in [0.25, 0.3) is 0 Å². The van der Waals surface area contributed by atoms with Gasteiger partial charge in [-0.05, 0) is 68.0 Å². The van der Waals surface area contributed by atoms with E-state index in [9.17, 15) is 9.90 Å². The number of aliphatic hydroxyl groups is 1. The number of hydrogen-bond acceptors (Lipinski definition) is 5. The van der Waals surface area contributed by atoms with Crippen molar-refractivity contribution >= 4 is 17.7 Å². The van der Waals surface area contributed by atoms with E-state index in [-0.39, 0.29) is 17.7 Å². The molecule has 6 atom stereocenters. The molecule has 6 heteroatoms. The molecule has 6 nitrogen and oxygen atoms in total. The van der Waals surface area contributed by atoms with Gasteiger partial charge in [-0.3, -0.25) is 9.69 Å². The molecule has 1 spiro atoms. The lowest BCUT2D eigenvalue weighted by molar-refractivity contribution is -0.191. The molecule has 1 saturated carbocycles. The standard InChI is InChI=1S/C24H34N2O2.CO2/c1-3-4-12-26-20-8-6-5-7-19(20)24(23(26)28)11-13-25-15-17-9-10-21(27)16(2)18(17)14-22(24)25;2-1-3/h5-8,16-18,21-22,27H,3-4,9-15H2,1-2H3;/t16-,17+,18-,21+,22+,24+;/m1./s1. The fourth-order valence-electron chi connectivity index (χ4n) is 6.95. The number of piperidine rings is 1. The minimum Gasteiger partial charge on any atom is -0.393 e. The lowest BCUT2D eigenvalue weighted by Gasteiger charge is -2.50. The monoisotopic (exact) mass is 426 g/mol. The van der Waals surface area contributed by atoms with Crippen molar-refractivity contribution in [3.8, 4) is 0 Å². The molecule has 3 fully saturated rings. The summed E-state index contributed by atoms with van der Waals surface area (Å²) >= 11 is 0. The molecule has 0 bridgehead atoms. The van der Waals surface area contributed by atoms with Gasteiger partial charge in [0.25, 0.3) is 0 Å². The summed E-state index contributed by atoms with van der Waals surface area (Å²) in [6.07, 6.45) is 6.33. The first kappa shape index (κ1) is 22.2. The summed E-state index contributed by atoms with van der Waals surface area (Å²) in [6, 6.07) is 8.85. The van der Waals surface area contributed by atoms with Gasteiger partial charge in [-0.2, -0.15) is 9.59 Å². The second-order valence-corrected chi connectivity index (χ2v) is 9.81. The molecular weight excluding hydrogens is 392 g/mol. The maximum atomic E-state index is 13.9. The number of carbonyl (C=O) groups is 1. The van der Waals surface area contributed by atoms with E-state index in [1.807, 2.05) is 0 Å². The average molecular weight is 427 g/mol. The van der Waals surface area contributed by atoms with Crippen LogP contribution in [0.5, 0.6) is 0 Å². The summed E-state index contributed by atoms with van der Waals surface area (Å²) in [6.45, 7) is 7.40. The number of unbranched alkanes of at least 4 members (excludes halogenated alkanes) is 1. The number of nitrogens with zero attached hydrogens (tertiary/aromatic N) is 2. The zero-order valence-corrected chi connectivity index (χ0v) is 18.6. The maximum absolute atomic E-state index is 13.9. The summed E-state index contributed by atoms with van der Waals surface area (Å²) < 4.78 is 0. The summed E-state index contributed by atoms with van der Waals surface area (Å²) in [5.74, 6) is 1.93. The molecule has 168 valence electrons. The van der Waals surface area contributed by atoms with E-state index in [4.69, 9.17) is 9.59 Å². The number of benzene rings is 1. The summed E-state index contributed by atoms with van der Waals surface area (Å²) in [5.41, 5.74) is 2.06. The Balaban J connectivity index is 0.000000730. The van der Waals surface area contributed by atoms with Gasteiger partial charge in [-0.15, -0.1) is 0 Å². The number of aliphatic hydroxyl groups excluding tert-OH is 1. The first-order chi connectivity index (χ1) is 15.0. The van der Waals surface area contributed by atoms with Gasteiger partial charge < -0.3 is 10.0 Å². The van der Waals surface area contributed by atoms with Gasteiger partial charge in [0.05, 0.1) is 11.5 Å². The third-order valence-corrected chi connectivity index (χ3v) is 8.53. The molecule has 4 aliphatic rings. The van der Waals surface area contributed by atoms with Gasteiger partial charge >= 0.3 is 6.15 Å². The van der Waals surface area contributed by atoms with Crippen molar-refractivity contribution in [2.24, 2.45) is 17.8 Å². The lowest BCUT2D eigenvalue weighted by Crippen LogP contribution is -2.57. The number of para-hydroxylation sites is 1. The van der Waals surface area contributed by atoms with E-state index in [2.05, 4.69) is 47.9 Å². The van der Waals surface area contributed by atoms with Crippen molar-refractivity contribution in [1.29, 1.82) is 0 Å². The highest BCUT2D eigenvalue weighted by Gasteiger charge is 2.62. The minimum atomic E-state index is -0.364. The number of hydrogen-bond donors (Lipinski definition) is 1. The molecule has 3 heterocycles. The number of carbonyl (C=O) groups excluding carboxylic acids is 3. The van der Waals surface area contributed by atoms with Crippen LogP contribution < -0.4 is 4.90 Å². The predicted molar refractivity (Wildman–Crippen MR) is 116 cm³/mol. The number of amides is 1. The molecule has 1 aromatic carbocycles. The van der Waals surface area contributed by atoms with Crippen LogP contribution in [0.1, 0.15) is 57.9 Å².